The van der Waals surface area contributed by atoms with E-state index in [1.54, 1.807) is 6.33 Å². The van der Waals surface area contributed by atoms with Gasteiger partial charge in [0.05, 0.1) is 0 Å². The lowest BCUT2D eigenvalue weighted by molar-refractivity contribution is 0.516. The van der Waals surface area contributed by atoms with Gasteiger partial charge in [0.1, 0.15) is 12.2 Å². The molecule has 1 atom stereocenters. The number of likely N-dealkylation sites (N-methyl/N-ethyl adjacent to an activating group) is 1. The Labute approximate surface area is 128 Å². The fourth-order valence-corrected chi connectivity index (χ4v) is 3.01. The van der Waals surface area contributed by atoms with E-state index in [0.717, 1.165) is 29.7 Å². The van der Waals surface area contributed by atoms with Crippen LogP contribution in [0.4, 0.5) is 0 Å². The molecule has 0 saturated carbocycles. The number of halogens is 1. The van der Waals surface area contributed by atoms with Crippen LogP contribution in [0.15, 0.2) is 29.0 Å². The Balaban J connectivity index is 2.22. The molecule has 0 spiro atoms. The molecule has 0 aliphatic rings. The first kappa shape index (κ1) is 15.2. The van der Waals surface area contributed by atoms with Crippen molar-refractivity contribution in [3.63, 3.8) is 0 Å². The Kier molecular flexibility index (Phi) is 5.31. The molecule has 0 radical (unpaired) electrons. The molecule has 5 heteroatoms. The zero-order chi connectivity index (χ0) is 14.5. The van der Waals surface area contributed by atoms with Gasteiger partial charge in [0.15, 0.2) is 0 Å². The fraction of sp³-hybridized carbons (Fsp3) is 0.467. The third-order valence-corrected chi connectivity index (χ3v) is 3.79. The van der Waals surface area contributed by atoms with E-state index >= 15 is 0 Å². The van der Waals surface area contributed by atoms with Gasteiger partial charge in [-0.1, -0.05) is 28.9 Å². The van der Waals surface area contributed by atoms with Crippen LogP contribution >= 0.6 is 15.9 Å². The van der Waals surface area contributed by atoms with E-state index < -0.39 is 0 Å². The standard InChI is InChI=1S/C15H21BrN4/c1-4-5-20-15(18-10-19-20)9-14(17-3)12-6-11(2)7-13(16)8-12/h6-8,10,14,17H,4-5,9H2,1-3H3. The molecule has 0 amide bonds. The lowest BCUT2D eigenvalue weighted by Gasteiger charge is -2.17. The summed E-state index contributed by atoms with van der Waals surface area (Å²) in [7, 11) is 1.99. The lowest BCUT2D eigenvalue weighted by atomic mass is 10.0. The molecule has 0 aliphatic carbocycles. The summed E-state index contributed by atoms with van der Waals surface area (Å²) >= 11 is 3.57. The molecule has 0 bridgehead atoms. The average molecular weight is 337 g/mol. The molecule has 2 aromatic rings. The Morgan fingerprint density at radius 3 is 2.80 bits per heavy atom. The lowest BCUT2D eigenvalue weighted by Crippen LogP contribution is -2.21. The molecule has 108 valence electrons. The monoisotopic (exact) mass is 336 g/mol. The highest BCUT2D eigenvalue weighted by Gasteiger charge is 2.15. The summed E-state index contributed by atoms with van der Waals surface area (Å²) < 4.78 is 3.11. The Hall–Kier alpha value is -1.20. The Morgan fingerprint density at radius 1 is 1.35 bits per heavy atom. The second-order valence-electron chi connectivity index (χ2n) is 5.01. The van der Waals surface area contributed by atoms with E-state index in [4.69, 9.17) is 0 Å². The first-order valence-corrected chi connectivity index (χ1v) is 7.74. The summed E-state index contributed by atoms with van der Waals surface area (Å²) in [6.07, 6.45) is 3.55. The van der Waals surface area contributed by atoms with E-state index in [-0.39, 0.29) is 6.04 Å². The van der Waals surface area contributed by atoms with Crippen molar-refractivity contribution in [3.05, 3.63) is 46.0 Å². The minimum atomic E-state index is 0.242. The molecule has 1 aromatic heterocycles. The maximum absolute atomic E-state index is 4.39. The number of aromatic nitrogens is 3. The van der Waals surface area contributed by atoms with Crippen LogP contribution in [-0.4, -0.2) is 21.8 Å². The summed E-state index contributed by atoms with van der Waals surface area (Å²) in [6, 6.07) is 6.74. The van der Waals surface area contributed by atoms with E-state index in [2.05, 4.69) is 63.4 Å². The van der Waals surface area contributed by atoms with Crippen molar-refractivity contribution in [1.29, 1.82) is 0 Å². The van der Waals surface area contributed by atoms with Gasteiger partial charge in [-0.15, -0.1) is 0 Å². The zero-order valence-corrected chi connectivity index (χ0v) is 13.8. The normalized spacial score (nSPS) is 12.6. The molecular formula is C15H21BrN4. The predicted molar refractivity (Wildman–Crippen MR) is 84.7 cm³/mol. The van der Waals surface area contributed by atoms with Gasteiger partial charge >= 0.3 is 0 Å². The predicted octanol–water partition coefficient (Wildman–Crippen LogP) is 3.26. The molecule has 1 heterocycles. The number of nitrogens with one attached hydrogen (secondary N) is 1. The van der Waals surface area contributed by atoms with Crippen molar-refractivity contribution < 1.29 is 0 Å². The molecule has 0 aliphatic heterocycles. The van der Waals surface area contributed by atoms with Crippen LogP contribution in [0, 0.1) is 6.92 Å². The minimum absolute atomic E-state index is 0.242. The van der Waals surface area contributed by atoms with Crippen molar-refractivity contribution in [2.45, 2.75) is 39.3 Å². The molecule has 1 unspecified atom stereocenters. The average Bonchev–Trinajstić information content (AvgIpc) is 2.82. The highest BCUT2D eigenvalue weighted by molar-refractivity contribution is 9.10. The van der Waals surface area contributed by atoms with Crippen LogP contribution in [0.3, 0.4) is 0 Å². The summed E-state index contributed by atoms with van der Waals surface area (Å²) in [5.74, 6) is 1.03. The van der Waals surface area contributed by atoms with Crippen molar-refractivity contribution in [3.8, 4) is 0 Å². The largest absolute Gasteiger partial charge is 0.313 e. The number of hydrogen-bond donors (Lipinski definition) is 1. The van der Waals surface area contributed by atoms with E-state index in [1.165, 1.54) is 11.1 Å². The van der Waals surface area contributed by atoms with E-state index in [0.29, 0.717) is 0 Å². The van der Waals surface area contributed by atoms with Gasteiger partial charge < -0.3 is 5.32 Å². The minimum Gasteiger partial charge on any atom is -0.313 e. The van der Waals surface area contributed by atoms with Gasteiger partial charge in [-0.25, -0.2) is 4.98 Å². The molecule has 1 N–H and O–H groups in total. The van der Waals surface area contributed by atoms with Crippen molar-refractivity contribution in [1.82, 2.24) is 20.1 Å². The van der Waals surface area contributed by atoms with Gasteiger partial charge in [-0.3, -0.25) is 4.68 Å². The molecule has 4 nitrogen and oxygen atoms in total. The molecular weight excluding hydrogens is 316 g/mol. The molecule has 0 fully saturated rings. The third kappa shape index (κ3) is 3.67. The van der Waals surface area contributed by atoms with Gasteiger partial charge in [-0.2, -0.15) is 5.10 Å². The maximum atomic E-state index is 4.39. The van der Waals surface area contributed by atoms with Gasteiger partial charge in [0.2, 0.25) is 0 Å². The van der Waals surface area contributed by atoms with Crippen molar-refractivity contribution >= 4 is 15.9 Å². The second-order valence-corrected chi connectivity index (χ2v) is 5.92. The number of rotatable bonds is 6. The highest BCUT2D eigenvalue weighted by Crippen LogP contribution is 2.23. The van der Waals surface area contributed by atoms with E-state index in [9.17, 15) is 0 Å². The van der Waals surface area contributed by atoms with Crippen molar-refractivity contribution in [2.75, 3.05) is 7.05 Å². The van der Waals surface area contributed by atoms with Crippen LogP contribution < -0.4 is 5.32 Å². The number of nitrogens with zero attached hydrogens (tertiary/aromatic N) is 3. The summed E-state index contributed by atoms with van der Waals surface area (Å²) in [6.45, 7) is 5.18. The molecule has 1 aromatic carbocycles. The topological polar surface area (TPSA) is 42.7 Å². The Bertz CT molecular complexity index is 545. The zero-order valence-electron chi connectivity index (χ0n) is 12.2. The SMILES string of the molecule is CCCn1ncnc1CC(NC)c1cc(C)cc(Br)c1. The maximum Gasteiger partial charge on any atom is 0.138 e. The summed E-state index contributed by atoms with van der Waals surface area (Å²) in [5, 5.41) is 7.67. The van der Waals surface area contributed by atoms with Crippen LogP contribution in [0.2, 0.25) is 0 Å². The smallest absolute Gasteiger partial charge is 0.138 e. The fourth-order valence-electron chi connectivity index (χ4n) is 2.38. The number of hydrogen-bond acceptors (Lipinski definition) is 3. The second kappa shape index (κ2) is 6.99. The van der Waals surface area contributed by atoms with Gasteiger partial charge in [0.25, 0.3) is 0 Å². The first-order valence-electron chi connectivity index (χ1n) is 6.95. The summed E-state index contributed by atoms with van der Waals surface area (Å²) in [4.78, 5) is 4.39. The van der Waals surface area contributed by atoms with E-state index in [1.807, 2.05) is 11.7 Å². The number of benzene rings is 1. The molecule has 20 heavy (non-hydrogen) atoms. The molecule has 0 saturated heterocycles. The van der Waals surface area contributed by atoms with Gasteiger partial charge in [0, 0.05) is 23.5 Å². The van der Waals surface area contributed by atoms with Crippen LogP contribution in [0.5, 0.6) is 0 Å². The van der Waals surface area contributed by atoms with Gasteiger partial charge in [-0.05, 0) is 43.7 Å². The quantitative estimate of drug-likeness (QED) is 0.880. The van der Waals surface area contributed by atoms with Crippen LogP contribution in [0.1, 0.15) is 36.3 Å². The van der Waals surface area contributed by atoms with Crippen molar-refractivity contribution in [2.24, 2.45) is 0 Å². The highest BCUT2D eigenvalue weighted by atomic mass is 79.9. The first-order chi connectivity index (χ1) is 9.63. The summed E-state index contributed by atoms with van der Waals surface area (Å²) in [5.41, 5.74) is 2.52. The Morgan fingerprint density at radius 2 is 2.15 bits per heavy atom. The number of aryl methyl sites for hydroxylation is 2. The van der Waals surface area contributed by atoms with Crippen LogP contribution in [0.25, 0.3) is 0 Å². The third-order valence-electron chi connectivity index (χ3n) is 3.33. The van der Waals surface area contributed by atoms with Crippen LogP contribution in [-0.2, 0) is 13.0 Å². The molecule has 2 rings (SSSR count).